The van der Waals surface area contributed by atoms with E-state index in [2.05, 4.69) is 4.72 Å². The number of hydrogen-bond acceptors (Lipinski definition) is 5. The van der Waals surface area contributed by atoms with Crippen molar-refractivity contribution in [2.45, 2.75) is 30.2 Å². The molecule has 8 heteroatoms. The van der Waals surface area contributed by atoms with Crippen LogP contribution < -0.4 is 10.5 Å². The van der Waals surface area contributed by atoms with E-state index in [1.807, 2.05) is 0 Å². The summed E-state index contributed by atoms with van der Waals surface area (Å²) in [5.41, 5.74) is 4.53. The molecule has 0 aromatic heterocycles. The van der Waals surface area contributed by atoms with Crippen LogP contribution in [-0.4, -0.2) is 18.9 Å². The highest BCUT2D eigenvalue weighted by molar-refractivity contribution is 7.89. The Bertz CT molecular complexity index is 608. The highest BCUT2D eigenvalue weighted by Crippen LogP contribution is 2.36. The second kappa shape index (κ2) is 3.92. The number of anilines is 1. The van der Waals surface area contributed by atoms with Crippen molar-refractivity contribution in [1.29, 1.82) is 0 Å². The quantitative estimate of drug-likeness (QED) is 0.481. The molecule has 0 atom stereocenters. The maximum Gasteiger partial charge on any atom is 0.293 e. The Morgan fingerprint density at radius 3 is 2.56 bits per heavy atom. The van der Waals surface area contributed by atoms with Crippen molar-refractivity contribution in [1.82, 2.24) is 4.72 Å². The topological polar surface area (TPSA) is 115 Å². The molecule has 2 rings (SSSR count). The number of nitrogens with zero attached hydrogens (tertiary/aromatic N) is 1. The minimum Gasteiger partial charge on any atom is -0.393 e. The number of rotatable bonds is 4. The minimum absolute atomic E-state index is 0.0587. The Hall–Kier alpha value is -1.67. The fraction of sp³-hybridized carbons (Fsp3) is 0.400. The van der Waals surface area contributed by atoms with E-state index in [1.165, 1.54) is 12.1 Å². The van der Waals surface area contributed by atoms with Crippen molar-refractivity contribution in [3.8, 4) is 0 Å². The highest BCUT2D eigenvalue weighted by Gasteiger charge is 2.41. The number of nitro benzene ring substituents is 1. The second-order valence-corrected chi connectivity index (χ2v) is 6.33. The third kappa shape index (κ3) is 2.44. The van der Waals surface area contributed by atoms with Crippen LogP contribution in [0, 0.1) is 10.1 Å². The molecule has 1 aromatic rings. The van der Waals surface area contributed by atoms with Crippen molar-refractivity contribution in [3.63, 3.8) is 0 Å². The van der Waals surface area contributed by atoms with Gasteiger partial charge in [-0.25, -0.2) is 13.1 Å². The maximum absolute atomic E-state index is 12.0. The van der Waals surface area contributed by atoms with Gasteiger partial charge < -0.3 is 5.73 Å². The number of nitrogens with one attached hydrogen (secondary N) is 1. The molecule has 1 saturated carbocycles. The summed E-state index contributed by atoms with van der Waals surface area (Å²) < 4.78 is 26.5. The van der Waals surface area contributed by atoms with Crippen LogP contribution in [0.4, 0.5) is 11.4 Å². The predicted molar refractivity (Wildman–Crippen MR) is 65.5 cm³/mol. The van der Waals surface area contributed by atoms with E-state index >= 15 is 0 Å². The second-order valence-electron chi connectivity index (χ2n) is 4.64. The number of nitrogen functional groups attached to an aromatic ring is 1. The van der Waals surface area contributed by atoms with Gasteiger partial charge in [0.2, 0.25) is 10.0 Å². The van der Waals surface area contributed by atoms with E-state index in [0.29, 0.717) is 0 Å². The van der Waals surface area contributed by atoms with Gasteiger partial charge >= 0.3 is 0 Å². The van der Waals surface area contributed by atoms with Crippen molar-refractivity contribution in [3.05, 3.63) is 28.3 Å². The van der Waals surface area contributed by atoms with E-state index in [4.69, 9.17) is 5.73 Å². The van der Waals surface area contributed by atoms with E-state index in [1.54, 1.807) is 6.92 Å². The Kier molecular flexibility index (Phi) is 2.78. The molecule has 7 nitrogen and oxygen atoms in total. The largest absolute Gasteiger partial charge is 0.393 e. The zero-order valence-electron chi connectivity index (χ0n) is 9.71. The van der Waals surface area contributed by atoms with Gasteiger partial charge in [0.25, 0.3) is 5.69 Å². The molecule has 3 N–H and O–H groups in total. The normalized spacial score (nSPS) is 17.4. The third-order valence-corrected chi connectivity index (χ3v) is 4.53. The van der Waals surface area contributed by atoms with Gasteiger partial charge in [-0.15, -0.1) is 0 Å². The average Bonchev–Trinajstić information content (AvgIpc) is 2.94. The Balaban J connectivity index is 2.39. The molecule has 0 radical (unpaired) electrons. The van der Waals surface area contributed by atoms with Gasteiger partial charge in [0.15, 0.2) is 0 Å². The zero-order valence-corrected chi connectivity index (χ0v) is 10.5. The summed E-state index contributed by atoms with van der Waals surface area (Å²) in [6, 6.07) is 3.46. The third-order valence-electron chi connectivity index (χ3n) is 2.89. The van der Waals surface area contributed by atoms with Gasteiger partial charge in [-0.3, -0.25) is 10.1 Å². The SMILES string of the molecule is CC1(NS(=O)(=O)c2ccc(N)c([N+](=O)[O-])c2)CC1. The summed E-state index contributed by atoms with van der Waals surface area (Å²) in [6.45, 7) is 1.79. The predicted octanol–water partition coefficient (Wildman–Crippen LogP) is 1.01. The molecule has 1 aromatic carbocycles. The molecule has 0 unspecified atom stereocenters. The van der Waals surface area contributed by atoms with Crippen LogP contribution in [0.5, 0.6) is 0 Å². The fourth-order valence-corrected chi connectivity index (χ4v) is 3.01. The van der Waals surface area contributed by atoms with Crippen LogP contribution in [0.3, 0.4) is 0 Å². The maximum atomic E-state index is 12.0. The summed E-state index contributed by atoms with van der Waals surface area (Å²) in [5, 5.41) is 10.7. The number of sulfonamides is 1. The molecule has 18 heavy (non-hydrogen) atoms. The molecule has 0 amide bonds. The summed E-state index contributed by atoms with van der Waals surface area (Å²) in [6.07, 6.45) is 1.53. The molecule has 1 aliphatic carbocycles. The molecule has 0 bridgehead atoms. The number of nitrogens with two attached hydrogens (primary N) is 1. The molecule has 0 saturated heterocycles. The molecular weight excluding hydrogens is 258 g/mol. The number of benzene rings is 1. The summed E-state index contributed by atoms with van der Waals surface area (Å²) in [5.74, 6) is 0. The molecular formula is C10H13N3O4S. The van der Waals surface area contributed by atoms with Gasteiger partial charge in [-0.05, 0) is 31.9 Å². The molecule has 1 aliphatic rings. The summed E-state index contributed by atoms with van der Waals surface area (Å²) in [7, 11) is -3.74. The van der Waals surface area contributed by atoms with Gasteiger partial charge in [-0.1, -0.05) is 0 Å². The molecule has 1 fully saturated rings. The highest BCUT2D eigenvalue weighted by atomic mass is 32.2. The first-order valence-electron chi connectivity index (χ1n) is 5.31. The first-order valence-corrected chi connectivity index (χ1v) is 6.80. The van der Waals surface area contributed by atoms with E-state index in [-0.39, 0.29) is 10.6 Å². The Morgan fingerprint density at radius 2 is 2.06 bits per heavy atom. The van der Waals surface area contributed by atoms with Crippen LogP contribution in [0.25, 0.3) is 0 Å². The van der Waals surface area contributed by atoms with Crippen LogP contribution in [-0.2, 0) is 10.0 Å². The average molecular weight is 271 g/mol. The van der Waals surface area contributed by atoms with Crippen LogP contribution in [0.2, 0.25) is 0 Å². The van der Waals surface area contributed by atoms with Gasteiger partial charge in [0.05, 0.1) is 9.82 Å². The summed E-state index contributed by atoms with van der Waals surface area (Å²) in [4.78, 5) is 9.87. The lowest BCUT2D eigenvalue weighted by Gasteiger charge is -2.12. The summed E-state index contributed by atoms with van der Waals surface area (Å²) >= 11 is 0. The standard InChI is InChI=1S/C10H13N3O4S/c1-10(4-5-10)12-18(16,17)7-2-3-8(11)9(6-7)13(14)15/h2-3,6,12H,4-5,11H2,1H3. The Morgan fingerprint density at radius 1 is 1.44 bits per heavy atom. The van der Waals surface area contributed by atoms with Crippen molar-refractivity contribution in [2.75, 3.05) is 5.73 Å². The van der Waals surface area contributed by atoms with Crippen molar-refractivity contribution < 1.29 is 13.3 Å². The van der Waals surface area contributed by atoms with Crippen molar-refractivity contribution >= 4 is 21.4 Å². The number of nitro groups is 1. The van der Waals surface area contributed by atoms with E-state index in [9.17, 15) is 18.5 Å². The smallest absolute Gasteiger partial charge is 0.293 e. The lowest BCUT2D eigenvalue weighted by atomic mass is 10.3. The Labute approximate surface area is 104 Å². The molecule has 0 spiro atoms. The fourth-order valence-electron chi connectivity index (χ4n) is 1.52. The van der Waals surface area contributed by atoms with Gasteiger partial charge in [0, 0.05) is 11.6 Å². The molecule has 0 aliphatic heterocycles. The first-order chi connectivity index (χ1) is 8.23. The number of hydrogen-bond donors (Lipinski definition) is 2. The van der Waals surface area contributed by atoms with Gasteiger partial charge in [-0.2, -0.15) is 0 Å². The zero-order chi connectivity index (χ0) is 13.6. The van der Waals surface area contributed by atoms with Crippen LogP contribution in [0.1, 0.15) is 19.8 Å². The van der Waals surface area contributed by atoms with Crippen LogP contribution >= 0.6 is 0 Å². The first kappa shape index (κ1) is 12.8. The van der Waals surface area contributed by atoms with Gasteiger partial charge in [0.1, 0.15) is 5.69 Å². The van der Waals surface area contributed by atoms with Crippen LogP contribution in [0.15, 0.2) is 23.1 Å². The lowest BCUT2D eigenvalue weighted by Crippen LogP contribution is -2.34. The monoisotopic (exact) mass is 271 g/mol. The van der Waals surface area contributed by atoms with E-state index in [0.717, 1.165) is 18.9 Å². The van der Waals surface area contributed by atoms with E-state index < -0.39 is 26.2 Å². The molecule has 98 valence electrons. The lowest BCUT2D eigenvalue weighted by molar-refractivity contribution is -0.384. The molecule has 0 heterocycles. The minimum atomic E-state index is -3.74. The van der Waals surface area contributed by atoms with Crippen molar-refractivity contribution in [2.24, 2.45) is 0 Å².